The second-order valence-electron chi connectivity index (χ2n) is 5.53. The van der Waals surface area contributed by atoms with Gasteiger partial charge in [0.05, 0.1) is 0 Å². The van der Waals surface area contributed by atoms with Crippen LogP contribution in [0.25, 0.3) is 0 Å². The topological polar surface area (TPSA) is 23.8 Å². The van der Waals surface area contributed by atoms with Gasteiger partial charge in [-0.25, -0.2) is 0 Å². The predicted molar refractivity (Wildman–Crippen MR) is 112 cm³/mol. The Labute approximate surface area is 154 Å². The number of hydrogen-bond acceptors (Lipinski definition) is 2. The Bertz CT molecular complexity index is 787. The summed E-state index contributed by atoms with van der Waals surface area (Å²) in [7, 11) is -2.20. The highest BCUT2D eigenvalue weighted by Gasteiger charge is 2.49. The minimum atomic E-state index is -2.20. The lowest BCUT2D eigenvalue weighted by Gasteiger charge is -2.26. The Balaban J connectivity index is 2.45. The van der Waals surface area contributed by atoms with Crippen LogP contribution in [0.1, 0.15) is 0 Å². The third kappa shape index (κ3) is 3.27. The predicted octanol–water partition coefficient (Wildman–Crippen LogP) is 4.71. The summed E-state index contributed by atoms with van der Waals surface area (Å²) in [5.41, 5.74) is 0. The molecule has 0 aliphatic carbocycles. The third-order valence-corrected chi connectivity index (χ3v) is 8.95. The van der Waals surface area contributed by atoms with Crippen molar-refractivity contribution in [3.8, 4) is 6.07 Å². The smallest absolute Gasteiger partial charge is 0.189 e. The summed E-state index contributed by atoms with van der Waals surface area (Å²) in [6.45, 7) is 0. The maximum atomic E-state index is 10.1. The Morgan fingerprint density at radius 3 is 1.40 bits per heavy atom. The highest BCUT2D eigenvalue weighted by atomic mass is 32.2. The van der Waals surface area contributed by atoms with E-state index in [4.69, 9.17) is 0 Å². The maximum absolute atomic E-state index is 10.1. The standard InChI is InChI=1S/C22H19NPS/c1-25-18-22(17-23)24(19-11-5-2-6-12-19,20-13-7-3-8-14-20)21-15-9-4-10-16-21/h2-16,18H,1H3/q+1/b22-18+. The number of hydrogen-bond donors (Lipinski definition) is 0. The molecule has 3 aromatic carbocycles. The molecule has 25 heavy (non-hydrogen) atoms. The van der Waals surface area contributed by atoms with Crippen molar-refractivity contribution in [3.05, 3.63) is 102 Å². The minimum Gasteiger partial charge on any atom is -0.189 e. The molecule has 3 heteroatoms. The van der Waals surface area contributed by atoms with E-state index in [2.05, 4.69) is 78.9 Å². The van der Waals surface area contributed by atoms with Crippen molar-refractivity contribution in [3.63, 3.8) is 0 Å². The van der Waals surface area contributed by atoms with Crippen LogP contribution in [-0.2, 0) is 0 Å². The van der Waals surface area contributed by atoms with Gasteiger partial charge in [0.2, 0.25) is 0 Å². The second-order valence-corrected chi connectivity index (χ2v) is 9.61. The lowest BCUT2D eigenvalue weighted by molar-refractivity contribution is 1.52. The lowest BCUT2D eigenvalue weighted by Crippen LogP contribution is -2.32. The number of allylic oxidation sites excluding steroid dienone is 1. The zero-order valence-corrected chi connectivity index (χ0v) is 15.8. The Morgan fingerprint density at radius 2 is 1.12 bits per heavy atom. The van der Waals surface area contributed by atoms with Crippen LogP contribution in [0.4, 0.5) is 0 Å². The highest BCUT2D eigenvalue weighted by molar-refractivity contribution is 8.03. The van der Waals surface area contributed by atoms with Gasteiger partial charge in [0.25, 0.3) is 0 Å². The van der Waals surface area contributed by atoms with Crippen molar-refractivity contribution < 1.29 is 0 Å². The van der Waals surface area contributed by atoms with E-state index < -0.39 is 7.26 Å². The van der Waals surface area contributed by atoms with Gasteiger partial charge in [-0.3, -0.25) is 0 Å². The van der Waals surface area contributed by atoms with E-state index in [1.54, 1.807) is 11.8 Å². The lowest BCUT2D eigenvalue weighted by atomic mass is 10.4. The molecule has 0 aliphatic rings. The van der Waals surface area contributed by atoms with Gasteiger partial charge in [-0.1, -0.05) is 54.6 Å². The largest absolute Gasteiger partial charge is 0.191 e. The van der Waals surface area contributed by atoms with Crippen LogP contribution >= 0.6 is 19.0 Å². The first-order valence-electron chi connectivity index (χ1n) is 8.03. The highest BCUT2D eigenvalue weighted by Crippen LogP contribution is 2.62. The fourth-order valence-electron chi connectivity index (χ4n) is 3.11. The molecule has 0 saturated heterocycles. The molecule has 0 spiro atoms. The molecule has 0 aliphatic heterocycles. The molecule has 0 N–H and O–H groups in total. The molecule has 0 bridgehead atoms. The van der Waals surface area contributed by atoms with E-state index in [1.165, 1.54) is 15.9 Å². The first-order chi connectivity index (χ1) is 12.3. The van der Waals surface area contributed by atoms with Crippen molar-refractivity contribution in [1.82, 2.24) is 0 Å². The van der Waals surface area contributed by atoms with Crippen molar-refractivity contribution in [2.45, 2.75) is 0 Å². The summed E-state index contributed by atoms with van der Waals surface area (Å²) in [4.78, 5) is 0. The molecule has 0 radical (unpaired) electrons. The molecule has 0 amide bonds. The van der Waals surface area contributed by atoms with Gasteiger partial charge in [0, 0.05) is 5.41 Å². The average Bonchev–Trinajstić information content (AvgIpc) is 2.70. The number of rotatable bonds is 5. The molecule has 0 fully saturated rings. The van der Waals surface area contributed by atoms with Crippen LogP contribution in [0.3, 0.4) is 0 Å². The van der Waals surface area contributed by atoms with Crippen LogP contribution in [0.15, 0.2) is 102 Å². The average molecular weight is 360 g/mol. The Hall–Kier alpha value is -2.33. The summed E-state index contributed by atoms with van der Waals surface area (Å²) in [6.07, 6.45) is 2.01. The van der Waals surface area contributed by atoms with E-state index in [9.17, 15) is 5.26 Å². The minimum absolute atomic E-state index is 0.837. The van der Waals surface area contributed by atoms with E-state index in [0.29, 0.717) is 0 Å². The third-order valence-electron chi connectivity index (χ3n) is 4.14. The van der Waals surface area contributed by atoms with Crippen molar-refractivity contribution in [1.29, 1.82) is 5.26 Å². The second kappa shape index (κ2) is 8.17. The summed E-state index contributed by atoms with van der Waals surface area (Å²) in [5.74, 6) is 0. The van der Waals surface area contributed by atoms with Gasteiger partial charge in [-0.2, -0.15) is 5.26 Å². The molecule has 122 valence electrons. The Kier molecular flexibility index (Phi) is 5.71. The molecular weight excluding hydrogens is 341 g/mol. The molecule has 0 heterocycles. The Morgan fingerprint density at radius 1 is 0.760 bits per heavy atom. The van der Waals surface area contributed by atoms with E-state index in [1.807, 2.05) is 29.9 Å². The number of nitriles is 1. The van der Waals surface area contributed by atoms with Crippen LogP contribution in [0, 0.1) is 11.3 Å². The molecule has 0 saturated carbocycles. The SMILES string of the molecule is CS/C=C(\C#N)[P+](c1ccccc1)(c1ccccc1)c1ccccc1. The van der Waals surface area contributed by atoms with Crippen LogP contribution in [0.5, 0.6) is 0 Å². The summed E-state index contributed by atoms with van der Waals surface area (Å²) in [6, 6.07) is 33.9. The van der Waals surface area contributed by atoms with E-state index in [-0.39, 0.29) is 0 Å². The monoisotopic (exact) mass is 360 g/mol. The van der Waals surface area contributed by atoms with Gasteiger partial charge >= 0.3 is 0 Å². The number of thioether (sulfide) groups is 1. The van der Waals surface area contributed by atoms with Gasteiger partial charge in [-0.05, 0) is 42.7 Å². The van der Waals surface area contributed by atoms with Crippen molar-refractivity contribution >= 4 is 34.9 Å². The van der Waals surface area contributed by atoms with Crippen LogP contribution < -0.4 is 15.9 Å². The zero-order chi connectivity index (χ0) is 17.5. The normalized spacial score (nSPS) is 11.8. The molecule has 3 aromatic rings. The summed E-state index contributed by atoms with van der Waals surface area (Å²) in [5, 5.41) is 16.5. The van der Waals surface area contributed by atoms with Crippen LogP contribution in [-0.4, -0.2) is 6.26 Å². The number of nitrogens with zero attached hydrogens (tertiary/aromatic N) is 1. The molecule has 0 atom stereocenters. The van der Waals surface area contributed by atoms with Gasteiger partial charge in [-0.15, -0.1) is 11.8 Å². The van der Waals surface area contributed by atoms with E-state index in [0.717, 1.165) is 5.31 Å². The quantitative estimate of drug-likeness (QED) is 0.486. The number of benzene rings is 3. The van der Waals surface area contributed by atoms with Gasteiger partial charge in [0.1, 0.15) is 22.0 Å². The molecule has 0 unspecified atom stereocenters. The molecule has 1 nitrogen and oxygen atoms in total. The fourth-order valence-corrected chi connectivity index (χ4v) is 8.07. The van der Waals surface area contributed by atoms with Gasteiger partial charge < -0.3 is 0 Å². The van der Waals surface area contributed by atoms with Gasteiger partial charge in [0.15, 0.2) is 12.6 Å². The maximum Gasteiger partial charge on any atom is 0.191 e. The molecule has 3 rings (SSSR count). The van der Waals surface area contributed by atoms with Crippen LogP contribution in [0.2, 0.25) is 0 Å². The summed E-state index contributed by atoms with van der Waals surface area (Å²) < 4.78 is 0. The zero-order valence-electron chi connectivity index (χ0n) is 14.0. The van der Waals surface area contributed by atoms with Crippen molar-refractivity contribution in [2.75, 3.05) is 6.26 Å². The fraction of sp³-hybridized carbons (Fsp3) is 0.0455. The summed E-state index contributed by atoms with van der Waals surface area (Å²) >= 11 is 1.59. The molecular formula is C22H19NPS+. The van der Waals surface area contributed by atoms with Crippen molar-refractivity contribution in [2.24, 2.45) is 0 Å². The van der Waals surface area contributed by atoms with E-state index >= 15 is 0 Å². The molecule has 0 aromatic heterocycles. The first kappa shape index (κ1) is 17.5. The first-order valence-corrected chi connectivity index (χ1v) is 11.1.